The van der Waals surface area contributed by atoms with Crippen LogP contribution in [0, 0.1) is 0 Å². The van der Waals surface area contributed by atoms with Crippen molar-refractivity contribution in [1.82, 2.24) is 18.7 Å². The van der Waals surface area contributed by atoms with E-state index in [0.717, 1.165) is 20.2 Å². The van der Waals surface area contributed by atoms with E-state index in [4.69, 9.17) is 11.6 Å². The van der Waals surface area contributed by atoms with Crippen LogP contribution in [0.5, 0.6) is 0 Å². The van der Waals surface area contributed by atoms with Gasteiger partial charge >= 0.3 is 5.69 Å². The van der Waals surface area contributed by atoms with Gasteiger partial charge in [0.05, 0.1) is 12.8 Å². The van der Waals surface area contributed by atoms with Crippen LogP contribution in [-0.2, 0) is 20.6 Å². The van der Waals surface area contributed by atoms with Crippen LogP contribution in [-0.4, -0.2) is 24.9 Å². The molecule has 33 heavy (non-hydrogen) atoms. The van der Waals surface area contributed by atoms with Crippen LogP contribution >= 0.6 is 27.5 Å². The molecule has 2 aromatic heterocycles. The molecule has 0 fully saturated rings. The number of aromatic nitrogens is 4. The SMILES string of the molecule is Cn1c(=O)c2c(nc(N/N=C\C(Br)=C/c3ccccc3)n2Cc2ccccc2Cl)n(C)c1=O. The van der Waals surface area contributed by atoms with Gasteiger partial charge in [-0.1, -0.05) is 60.1 Å². The fourth-order valence-electron chi connectivity index (χ4n) is 3.38. The van der Waals surface area contributed by atoms with Gasteiger partial charge in [0.25, 0.3) is 5.56 Å². The van der Waals surface area contributed by atoms with Crippen molar-refractivity contribution in [3.8, 4) is 0 Å². The molecular formula is C23H20BrClN6O2. The maximum atomic E-state index is 13.0. The van der Waals surface area contributed by atoms with E-state index in [1.54, 1.807) is 23.9 Å². The third-order valence-corrected chi connectivity index (χ3v) is 5.89. The van der Waals surface area contributed by atoms with Crippen molar-refractivity contribution in [3.05, 3.63) is 96.1 Å². The van der Waals surface area contributed by atoms with Gasteiger partial charge in [-0.15, -0.1) is 0 Å². The molecule has 4 aromatic rings. The highest BCUT2D eigenvalue weighted by molar-refractivity contribution is 9.12. The summed E-state index contributed by atoms with van der Waals surface area (Å²) >= 11 is 9.83. The highest BCUT2D eigenvalue weighted by Gasteiger charge is 2.19. The lowest BCUT2D eigenvalue weighted by Crippen LogP contribution is -2.37. The summed E-state index contributed by atoms with van der Waals surface area (Å²) in [4.78, 5) is 29.9. The second kappa shape index (κ2) is 9.60. The second-order valence-corrected chi connectivity index (χ2v) is 8.62. The highest BCUT2D eigenvalue weighted by Crippen LogP contribution is 2.22. The van der Waals surface area contributed by atoms with Crippen LogP contribution in [0.25, 0.3) is 17.2 Å². The highest BCUT2D eigenvalue weighted by atomic mass is 79.9. The number of benzene rings is 2. The number of hydrazone groups is 1. The van der Waals surface area contributed by atoms with Gasteiger partial charge in [0.1, 0.15) is 0 Å². The van der Waals surface area contributed by atoms with Crippen LogP contribution in [0.15, 0.2) is 73.8 Å². The standard InChI is InChI=1S/C23H20BrClN6O2/c1-29-20-19(21(32)30(2)23(29)33)31(14-16-10-6-7-11-18(16)25)22(27-20)28-26-13-17(24)12-15-8-4-3-5-9-15/h3-13H,14H2,1-2H3,(H,27,28)/b17-12+,26-13-. The third-order valence-electron chi connectivity index (χ3n) is 5.09. The maximum Gasteiger partial charge on any atom is 0.332 e. The third kappa shape index (κ3) is 4.69. The Hall–Kier alpha value is -3.43. The number of rotatable bonds is 6. The molecule has 4 rings (SSSR count). The fourth-order valence-corrected chi connectivity index (χ4v) is 3.94. The molecule has 0 bridgehead atoms. The van der Waals surface area contributed by atoms with E-state index in [9.17, 15) is 9.59 Å². The topological polar surface area (TPSA) is 86.2 Å². The molecular weight excluding hydrogens is 508 g/mol. The minimum Gasteiger partial charge on any atom is -0.298 e. The number of hydrogen-bond donors (Lipinski definition) is 1. The Morgan fingerprint density at radius 2 is 1.79 bits per heavy atom. The number of nitrogens with zero attached hydrogens (tertiary/aromatic N) is 5. The normalized spacial score (nSPS) is 12.1. The van der Waals surface area contributed by atoms with Crippen molar-refractivity contribution in [3.63, 3.8) is 0 Å². The summed E-state index contributed by atoms with van der Waals surface area (Å²) in [5, 5.41) is 4.82. The summed E-state index contributed by atoms with van der Waals surface area (Å²) in [5.74, 6) is 0.305. The average Bonchev–Trinajstić information content (AvgIpc) is 3.16. The van der Waals surface area contributed by atoms with Gasteiger partial charge in [0, 0.05) is 23.6 Å². The van der Waals surface area contributed by atoms with Crippen molar-refractivity contribution in [2.24, 2.45) is 19.2 Å². The molecule has 0 radical (unpaired) electrons. The molecule has 0 atom stereocenters. The monoisotopic (exact) mass is 526 g/mol. The lowest BCUT2D eigenvalue weighted by atomic mass is 10.2. The van der Waals surface area contributed by atoms with Gasteiger partial charge in [-0.25, -0.2) is 10.2 Å². The van der Waals surface area contributed by atoms with Gasteiger partial charge in [-0.2, -0.15) is 10.1 Å². The summed E-state index contributed by atoms with van der Waals surface area (Å²) in [6.45, 7) is 0.266. The molecule has 1 N–H and O–H groups in total. The molecule has 0 aliphatic carbocycles. The quantitative estimate of drug-likeness (QED) is 0.304. The number of halogens is 2. The zero-order valence-electron chi connectivity index (χ0n) is 17.9. The number of hydrogen-bond acceptors (Lipinski definition) is 5. The van der Waals surface area contributed by atoms with E-state index in [-0.39, 0.29) is 17.7 Å². The number of aryl methyl sites for hydroxylation is 1. The van der Waals surface area contributed by atoms with Crippen molar-refractivity contribution < 1.29 is 0 Å². The number of nitrogens with one attached hydrogen (secondary N) is 1. The average molecular weight is 528 g/mol. The largest absolute Gasteiger partial charge is 0.332 e. The van der Waals surface area contributed by atoms with Crippen LogP contribution in [0.1, 0.15) is 11.1 Å². The Labute approximate surface area is 202 Å². The summed E-state index contributed by atoms with van der Waals surface area (Å²) in [5.41, 5.74) is 4.33. The van der Waals surface area contributed by atoms with E-state index in [0.29, 0.717) is 11.0 Å². The first kappa shape index (κ1) is 22.8. The van der Waals surface area contributed by atoms with Crippen molar-refractivity contribution >= 4 is 56.9 Å². The molecule has 2 heterocycles. The predicted molar refractivity (Wildman–Crippen MR) is 136 cm³/mol. The summed E-state index contributed by atoms with van der Waals surface area (Å²) in [6, 6.07) is 17.1. The Morgan fingerprint density at radius 3 is 2.52 bits per heavy atom. The Bertz CT molecular complexity index is 1500. The molecule has 0 unspecified atom stereocenters. The van der Waals surface area contributed by atoms with E-state index in [1.807, 2.05) is 54.6 Å². The van der Waals surface area contributed by atoms with Crippen molar-refractivity contribution in [2.75, 3.05) is 5.43 Å². The van der Waals surface area contributed by atoms with Crippen molar-refractivity contribution in [1.29, 1.82) is 0 Å². The number of fused-ring (bicyclic) bond motifs is 1. The first-order valence-corrected chi connectivity index (χ1v) is 11.1. The zero-order valence-corrected chi connectivity index (χ0v) is 20.2. The molecule has 0 saturated carbocycles. The smallest absolute Gasteiger partial charge is 0.298 e. The number of imidazole rings is 1. The molecule has 0 amide bonds. The van der Waals surface area contributed by atoms with Gasteiger partial charge in [-0.05, 0) is 39.2 Å². The Balaban J connectivity index is 1.77. The maximum absolute atomic E-state index is 13.0. The van der Waals surface area contributed by atoms with Gasteiger partial charge < -0.3 is 0 Å². The van der Waals surface area contributed by atoms with E-state index >= 15 is 0 Å². The van der Waals surface area contributed by atoms with Gasteiger partial charge in [0.2, 0.25) is 5.95 Å². The molecule has 10 heteroatoms. The van der Waals surface area contributed by atoms with Crippen LogP contribution in [0.2, 0.25) is 5.02 Å². The van der Waals surface area contributed by atoms with Crippen molar-refractivity contribution in [2.45, 2.75) is 6.54 Å². The Morgan fingerprint density at radius 1 is 1.09 bits per heavy atom. The van der Waals surface area contributed by atoms with Crippen LogP contribution in [0.4, 0.5) is 5.95 Å². The van der Waals surface area contributed by atoms with Crippen LogP contribution < -0.4 is 16.7 Å². The minimum absolute atomic E-state index is 0.256. The second-order valence-electron chi connectivity index (χ2n) is 7.30. The van der Waals surface area contributed by atoms with E-state index < -0.39 is 11.2 Å². The predicted octanol–water partition coefficient (Wildman–Crippen LogP) is 3.97. The Kier molecular flexibility index (Phi) is 6.62. The molecule has 2 aromatic carbocycles. The summed E-state index contributed by atoms with van der Waals surface area (Å²) < 4.78 is 4.79. The van der Waals surface area contributed by atoms with Crippen LogP contribution in [0.3, 0.4) is 0 Å². The molecule has 168 valence electrons. The minimum atomic E-state index is -0.460. The lowest BCUT2D eigenvalue weighted by Gasteiger charge is -2.10. The van der Waals surface area contributed by atoms with Gasteiger partial charge in [-0.3, -0.25) is 18.5 Å². The number of allylic oxidation sites excluding steroid dienone is 1. The molecule has 0 aliphatic heterocycles. The lowest BCUT2D eigenvalue weighted by molar-refractivity contribution is 0.702. The molecule has 0 spiro atoms. The summed E-state index contributed by atoms with van der Waals surface area (Å²) in [7, 11) is 3.01. The zero-order chi connectivity index (χ0) is 23.5. The van der Waals surface area contributed by atoms with E-state index in [1.165, 1.54) is 11.6 Å². The molecule has 0 aliphatic rings. The molecule has 8 nitrogen and oxygen atoms in total. The molecule has 0 saturated heterocycles. The fraction of sp³-hybridized carbons (Fsp3) is 0.130. The summed E-state index contributed by atoms with van der Waals surface area (Å²) in [6.07, 6.45) is 3.50. The van der Waals surface area contributed by atoms with E-state index in [2.05, 4.69) is 31.4 Å². The van der Waals surface area contributed by atoms with Gasteiger partial charge in [0.15, 0.2) is 11.2 Å². The number of anilines is 1. The first-order chi connectivity index (χ1) is 15.9. The first-order valence-electron chi connectivity index (χ1n) is 9.98.